The van der Waals surface area contributed by atoms with E-state index < -0.39 is 8.32 Å². The molecule has 4 heteroatoms. The van der Waals surface area contributed by atoms with Crippen LogP contribution in [0.25, 0.3) is 0 Å². The Morgan fingerprint density at radius 3 is 2.08 bits per heavy atom. The molecule has 0 aliphatic carbocycles. The van der Waals surface area contributed by atoms with E-state index in [0.29, 0.717) is 5.02 Å². The quantitative estimate of drug-likeness (QED) is 0.652. The Kier molecular flexibility index (Phi) is 5.92. The van der Waals surface area contributed by atoms with Gasteiger partial charge < -0.3 is 10.2 Å². The largest absolute Gasteiger partial charge is 0.408 e. The molecule has 0 heterocycles. The van der Waals surface area contributed by atoms with E-state index in [9.17, 15) is 0 Å². The van der Waals surface area contributed by atoms with Crippen LogP contribution in [0.3, 0.4) is 0 Å². The molecule has 0 aliphatic rings. The van der Waals surface area contributed by atoms with Gasteiger partial charge in [-0.2, -0.15) is 0 Å². The number of halogens is 1. The predicted molar refractivity (Wildman–Crippen MR) is 106 cm³/mol. The van der Waals surface area contributed by atoms with Crippen molar-refractivity contribution in [1.29, 1.82) is 0 Å². The van der Waals surface area contributed by atoms with Gasteiger partial charge >= 0.3 is 0 Å². The van der Waals surface area contributed by atoms with E-state index in [1.165, 1.54) is 0 Å². The molecule has 0 spiro atoms. The van der Waals surface area contributed by atoms with Gasteiger partial charge in [0.2, 0.25) is 0 Å². The summed E-state index contributed by atoms with van der Waals surface area (Å²) in [4.78, 5) is 0. The van der Waals surface area contributed by atoms with E-state index in [-0.39, 0.29) is 17.2 Å². The minimum absolute atomic E-state index is 0.119. The molecule has 2 aromatic carbocycles. The molecule has 2 nitrogen and oxygen atoms in total. The molecule has 0 saturated carbocycles. The summed E-state index contributed by atoms with van der Waals surface area (Å²) in [5.41, 5.74) is 8.73. The van der Waals surface area contributed by atoms with Gasteiger partial charge in [0.05, 0.1) is 12.1 Å². The first-order chi connectivity index (χ1) is 11.1. The molecule has 2 atom stereocenters. The van der Waals surface area contributed by atoms with E-state index >= 15 is 0 Å². The van der Waals surface area contributed by atoms with Gasteiger partial charge in [0.1, 0.15) is 0 Å². The standard InChI is InChI=1S/C20H28ClNOSi/c1-20(2,3)24(4,5)23-19(15-10-7-6-8-11-15)18(22)16-12-9-13-17(21)14-16/h6-14,18-19H,22H2,1-5H3/t18-,19+/m1/s1. The molecule has 2 aromatic rings. The topological polar surface area (TPSA) is 35.2 Å². The molecular formula is C20H28ClNOSi. The molecular weight excluding hydrogens is 334 g/mol. The van der Waals surface area contributed by atoms with Crippen molar-refractivity contribution in [3.05, 3.63) is 70.7 Å². The average Bonchev–Trinajstić information content (AvgIpc) is 2.52. The fourth-order valence-corrected chi connectivity index (χ4v) is 3.84. The highest BCUT2D eigenvalue weighted by Gasteiger charge is 2.40. The van der Waals surface area contributed by atoms with Gasteiger partial charge in [-0.1, -0.05) is 74.8 Å². The summed E-state index contributed by atoms with van der Waals surface area (Å²) in [6.45, 7) is 11.2. The van der Waals surface area contributed by atoms with Gasteiger partial charge in [0.15, 0.2) is 8.32 Å². The fraction of sp³-hybridized carbons (Fsp3) is 0.400. The lowest BCUT2D eigenvalue weighted by atomic mass is 9.97. The first kappa shape index (κ1) is 19.2. The third-order valence-electron chi connectivity index (χ3n) is 4.92. The summed E-state index contributed by atoms with van der Waals surface area (Å²) in [6, 6.07) is 17.7. The molecule has 130 valence electrons. The van der Waals surface area contributed by atoms with E-state index in [0.717, 1.165) is 11.1 Å². The van der Waals surface area contributed by atoms with Gasteiger partial charge in [-0.05, 0) is 41.4 Å². The Morgan fingerprint density at radius 1 is 0.958 bits per heavy atom. The fourth-order valence-electron chi connectivity index (χ4n) is 2.37. The lowest BCUT2D eigenvalue weighted by molar-refractivity contribution is 0.154. The summed E-state index contributed by atoms with van der Waals surface area (Å²) < 4.78 is 6.72. The Balaban J connectivity index is 2.40. The van der Waals surface area contributed by atoms with Crippen LogP contribution in [0.1, 0.15) is 44.0 Å². The van der Waals surface area contributed by atoms with Crippen molar-refractivity contribution in [2.75, 3.05) is 0 Å². The summed E-state index contributed by atoms with van der Waals surface area (Å²) in [5, 5.41) is 0.816. The van der Waals surface area contributed by atoms with Crippen molar-refractivity contribution in [1.82, 2.24) is 0 Å². The highest BCUT2D eigenvalue weighted by molar-refractivity contribution is 6.74. The number of nitrogens with two attached hydrogens (primary N) is 1. The second-order valence-electron chi connectivity index (χ2n) is 7.79. The molecule has 0 aliphatic heterocycles. The number of hydrogen-bond acceptors (Lipinski definition) is 2. The van der Waals surface area contributed by atoms with Crippen LogP contribution in [0.5, 0.6) is 0 Å². The summed E-state index contributed by atoms with van der Waals surface area (Å²) >= 11 is 6.16. The normalized spacial score (nSPS) is 15.1. The Morgan fingerprint density at radius 2 is 1.54 bits per heavy atom. The van der Waals surface area contributed by atoms with Crippen LogP contribution in [0.2, 0.25) is 23.2 Å². The maximum Gasteiger partial charge on any atom is 0.193 e. The highest BCUT2D eigenvalue weighted by Crippen LogP contribution is 2.42. The Labute approximate surface area is 152 Å². The molecule has 0 radical (unpaired) electrons. The lowest BCUT2D eigenvalue weighted by Gasteiger charge is -2.41. The van der Waals surface area contributed by atoms with Crippen molar-refractivity contribution in [2.24, 2.45) is 5.73 Å². The van der Waals surface area contributed by atoms with Crippen LogP contribution < -0.4 is 5.73 Å². The SMILES string of the molecule is CC(C)(C)[Si](C)(C)O[C@@H](c1ccccc1)[C@H](N)c1cccc(Cl)c1. The molecule has 0 fully saturated rings. The zero-order valence-electron chi connectivity index (χ0n) is 15.2. The van der Waals surface area contributed by atoms with Crippen LogP contribution in [0.4, 0.5) is 0 Å². The van der Waals surface area contributed by atoms with Crippen molar-refractivity contribution in [2.45, 2.75) is 51.0 Å². The second kappa shape index (κ2) is 7.40. The van der Waals surface area contributed by atoms with Crippen molar-refractivity contribution < 1.29 is 4.43 Å². The molecule has 2 N–H and O–H groups in total. The zero-order valence-corrected chi connectivity index (χ0v) is 17.0. The molecule has 2 rings (SSSR count). The minimum atomic E-state index is -1.97. The Hall–Kier alpha value is -1.13. The van der Waals surface area contributed by atoms with Crippen LogP contribution in [-0.4, -0.2) is 8.32 Å². The first-order valence-electron chi connectivity index (χ1n) is 8.35. The van der Waals surface area contributed by atoms with Crippen LogP contribution in [0, 0.1) is 0 Å². The van der Waals surface area contributed by atoms with Gasteiger partial charge in [0.25, 0.3) is 0 Å². The smallest absolute Gasteiger partial charge is 0.193 e. The maximum atomic E-state index is 6.72. The minimum Gasteiger partial charge on any atom is -0.408 e. The van der Waals surface area contributed by atoms with Crippen LogP contribution in [0.15, 0.2) is 54.6 Å². The van der Waals surface area contributed by atoms with Gasteiger partial charge in [0, 0.05) is 5.02 Å². The molecule has 0 aromatic heterocycles. The monoisotopic (exact) mass is 361 g/mol. The summed E-state index contributed by atoms with van der Waals surface area (Å²) in [6.07, 6.45) is -0.189. The number of hydrogen-bond donors (Lipinski definition) is 1. The van der Waals surface area contributed by atoms with Gasteiger partial charge in [-0.15, -0.1) is 0 Å². The van der Waals surface area contributed by atoms with Crippen LogP contribution in [-0.2, 0) is 4.43 Å². The van der Waals surface area contributed by atoms with Gasteiger partial charge in [-0.25, -0.2) is 0 Å². The van der Waals surface area contributed by atoms with Crippen molar-refractivity contribution >= 4 is 19.9 Å². The van der Waals surface area contributed by atoms with E-state index in [2.05, 4.69) is 46.0 Å². The highest BCUT2D eigenvalue weighted by atomic mass is 35.5. The zero-order chi connectivity index (χ0) is 18.0. The summed E-state index contributed by atoms with van der Waals surface area (Å²) in [5.74, 6) is 0. The van der Waals surface area contributed by atoms with E-state index in [4.69, 9.17) is 21.8 Å². The maximum absolute atomic E-state index is 6.72. The van der Waals surface area contributed by atoms with E-state index in [1.54, 1.807) is 0 Å². The van der Waals surface area contributed by atoms with Crippen LogP contribution >= 0.6 is 11.6 Å². The molecule has 24 heavy (non-hydrogen) atoms. The number of rotatable bonds is 5. The summed E-state index contributed by atoms with van der Waals surface area (Å²) in [7, 11) is -1.97. The van der Waals surface area contributed by atoms with Crippen molar-refractivity contribution in [3.63, 3.8) is 0 Å². The van der Waals surface area contributed by atoms with Gasteiger partial charge in [-0.3, -0.25) is 0 Å². The molecule has 0 amide bonds. The molecule has 0 bridgehead atoms. The van der Waals surface area contributed by atoms with E-state index in [1.807, 2.05) is 42.5 Å². The lowest BCUT2D eigenvalue weighted by Crippen LogP contribution is -2.43. The molecule has 0 unspecified atom stereocenters. The number of benzene rings is 2. The average molecular weight is 362 g/mol. The first-order valence-corrected chi connectivity index (χ1v) is 11.6. The predicted octanol–water partition coefficient (Wildman–Crippen LogP) is 6.10. The second-order valence-corrected chi connectivity index (χ2v) is 13.0. The van der Waals surface area contributed by atoms with Crippen molar-refractivity contribution in [3.8, 4) is 0 Å². The third-order valence-corrected chi connectivity index (χ3v) is 9.61. The molecule has 0 saturated heterocycles. The Bertz CT molecular complexity index is 667. The third kappa shape index (κ3) is 4.48.